The van der Waals surface area contributed by atoms with E-state index in [1.807, 2.05) is 19.1 Å². The second-order valence-electron chi connectivity index (χ2n) is 5.66. The van der Waals surface area contributed by atoms with Crippen LogP contribution in [-0.4, -0.2) is 25.0 Å². The van der Waals surface area contributed by atoms with Gasteiger partial charge in [-0.05, 0) is 30.9 Å². The van der Waals surface area contributed by atoms with E-state index in [0.717, 1.165) is 12.0 Å². The third kappa shape index (κ3) is 2.34. The maximum absolute atomic E-state index is 11.7. The SMILES string of the molecule is CCc1ccc(C(C)(O)C2(C#N)CCS(=O)(=O)C2)cc1. The smallest absolute Gasteiger partial charge is 0.152 e. The molecule has 0 spiro atoms. The van der Waals surface area contributed by atoms with E-state index in [-0.39, 0.29) is 17.9 Å². The molecule has 0 aliphatic carbocycles. The van der Waals surface area contributed by atoms with Crippen molar-refractivity contribution in [3.63, 3.8) is 0 Å². The van der Waals surface area contributed by atoms with E-state index in [0.29, 0.717) is 5.56 Å². The van der Waals surface area contributed by atoms with Crippen LogP contribution in [0.3, 0.4) is 0 Å². The van der Waals surface area contributed by atoms with Crippen molar-refractivity contribution in [2.75, 3.05) is 11.5 Å². The molecule has 1 aliphatic rings. The van der Waals surface area contributed by atoms with Crippen molar-refractivity contribution in [2.45, 2.75) is 32.3 Å². The van der Waals surface area contributed by atoms with Crippen LogP contribution < -0.4 is 0 Å². The summed E-state index contributed by atoms with van der Waals surface area (Å²) < 4.78 is 23.4. The minimum Gasteiger partial charge on any atom is -0.384 e. The summed E-state index contributed by atoms with van der Waals surface area (Å²) >= 11 is 0. The zero-order valence-corrected chi connectivity index (χ0v) is 12.6. The van der Waals surface area contributed by atoms with Crippen molar-refractivity contribution >= 4 is 9.84 Å². The summed E-state index contributed by atoms with van der Waals surface area (Å²) in [6.45, 7) is 3.57. The summed E-state index contributed by atoms with van der Waals surface area (Å²) in [6.07, 6.45) is 1.06. The van der Waals surface area contributed by atoms with Gasteiger partial charge in [-0.3, -0.25) is 0 Å². The van der Waals surface area contributed by atoms with E-state index >= 15 is 0 Å². The highest BCUT2D eigenvalue weighted by Crippen LogP contribution is 2.47. The van der Waals surface area contributed by atoms with Gasteiger partial charge in [0.1, 0.15) is 11.0 Å². The number of aliphatic hydroxyl groups is 1. The summed E-state index contributed by atoms with van der Waals surface area (Å²) in [5, 5.41) is 20.3. The second kappa shape index (κ2) is 4.87. The summed E-state index contributed by atoms with van der Waals surface area (Å²) in [5.41, 5.74) is -1.01. The number of rotatable bonds is 3. The Bertz CT molecular complexity index is 641. The van der Waals surface area contributed by atoms with E-state index in [1.165, 1.54) is 6.92 Å². The van der Waals surface area contributed by atoms with Gasteiger partial charge in [0.15, 0.2) is 9.84 Å². The first-order valence-corrected chi connectivity index (χ1v) is 8.52. The predicted octanol–water partition coefficient (Wildman–Crippen LogP) is 1.78. The van der Waals surface area contributed by atoms with Crippen molar-refractivity contribution < 1.29 is 13.5 Å². The molecule has 1 heterocycles. The van der Waals surface area contributed by atoms with Gasteiger partial charge in [0.2, 0.25) is 0 Å². The lowest BCUT2D eigenvalue weighted by molar-refractivity contribution is -0.0323. The molecule has 0 saturated carbocycles. The number of sulfone groups is 1. The lowest BCUT2D eigenvalue weighted by Gasteiger charge is -2.36. The lowest BCUT2D eigenvalue weighted by Crippen LogP contribution is -2.43. The van der Waals surface area contributed by atoms with Gasteiger partial charge in [-0.15, -0.1) is 0 Å². The molecule has 1 aromatic rings. The first kappa shape index (κ1) is 15.0. The summed E-state index contributed by atoms with van der Waals surface area (Å²) in [5.74, 6) is -0.317. The number of aryl methyl sites for hydroxylation is 1. The molecule has 4 nitrogen and oxygen atoms in total. The van der Waals surface area contributed by atoms with Crippen LogP contribution >= 0.6 is 0 Å². The molecular formula is C15H19NO3S. The van der Waals surface area contributed by atoms with E-state index in [1.54, 1.807) is 12.1 Å². The minimum absolute atomic E-state index is 0.0379. The average Bonchev–Trinajstić information content (AvgIpc) is 2.76. The number of nitrogens with zero attached hydrogens (tertiary/aromatic N) is 1. The molecule has 1 N–H and O–H groups in total. The van der Waals surface area contributed by atoms with Crippen molar-refractivity contribution in [1.29, 1.82) is 5.26 Å². The summed E-state index contributed by atoms with van der Waals surface area (Å²) in [4.78, 5) is 0. The molecule has 20 heavy (non-hydrogen) atoms. The molecule has 2 atom stereocenters. The largest absolute Gasteiger partial charge is 0.384 e. The Kier molecular flexibility index (Phi) is 3.66. The zero-order valence-electron chi connectivity index (χ0n) is 11.8. The highest BCUT2D eigenvalue weighted by Gasteiger charge is 2.55. The standard InChI is InChI=1S/C15H19NO3S/c1-3-12-4-6-13(7-5-12)14(2,17)15(10-16)8-9-20(18,19)11-15/h4-7,17H,3,8-9,11H2,1-2H3. The third-order valence-corrected chi connectivity index (χ3v) is 6.14. The fourth-order valence-electron chi connectivity index (χ4n) is 2.77. The van der Waals surface area contributed by atoms with Gasteiger partial charge in [0.05, 0.1) is 17.6 Å². The van der Waals surface area contributed by atoms with Crippen molar-refractivity contribution in [2.24, 2.45) is 5.41 Å². The first-order valence-electron chi connectivity index (χ1n) is 6.70. The van der Waals surface area contributed by atoms with Crippen LogP contribution in [0, 0.1) is 16.7 Å². The first-order chi connectivity index (χ1) is 9.26. The topological polar surface area (TPSA) is 78.2 Å². The Hall–Kier alpha value is -1.38. The number of benzene rings is 1. The van der Waals surface area contributed by atoms with Gasteiger partial charge in [0.25, 0.3) is 0 Å². The van der Waals surface area contributed by atoms with Crippen LogP contribution in [0.4, 0.5) is 0 Å². The van der Waals surface area contributed by atoms with Crippen LogP contribution in [0.25, 0.3) is 0 Å². The van der Waals surface area contributed by atoms with Crippen LogP contribution in [0.15, 0.2) is 24.3 Å². The van der Waals surface area contributed by atoms with Gasteiger partial charge in [0, 0.05) is 0 Å². The zero-order chi connectivity index (χ0) is 15.0. The lowest BCUT2D eigenvalue weighted by atomic mass is 9.70. The van der Waals surface area contributed by atoms with Crippen LogP contribution in [0.2, 0.25) is 0 Å². The van der Waals surface area contributed by atoms with Crippen LogP contribution in [0.5, 0.6) is 0 Å². The van der Waals surface area contributed by atoms with E-state index in [9.17, 15) is 18.8 Å². The van der Waals surface area contributed by atoms with Gasteiger partial charge in [-0.25, -0.2) is 8.42 Å². The Labute approximate surface area is 120 Å². The Morgan fingerprint density at radius 2 is 2.00 bits per heavy atom. The maximum atomic E-state index is 11.7. The molecule has 108 valence electrons. The number of hydrogen-bond acceptors (Lipinski definition) is 4. The number of hydrogen-bond donors (Lipinski definition) is 1. The molecule has 2 unspecified atom stereocenters. The molecular weight excluding hydrogens is 274 g/mol. The Balaban J connectivity index is 2.45. The van der Waals surface area contributed by atoms with Gasteiger partial charge < -0.3 is 5.11 Å². The minimum atomic E-state index is -3.25. The molecule has 1 aromatic carbocycles. The van der Waals surface area contributed by atoms with E-state index < -0.39 is 20.9 Å². The maximum Gasteiger partial charge on any atom is 0.152 e. The van der Waals surface area contributed by atoms with Crippen molar-refractivity contribution in [3.05, 3.63) is 35.4 Å². The quantitative estimate of drug-likeness (QED) is 0.921. The molecule has 0 radical (unpaired) electrons. The van der Waals surface area contributed by atoms with Crippen LogP contribution in [0.1, 0.15) is 31.4 Å². The highest BCUT2D eigenvalue weighted by molar-refractivity contribution is 7.91. The predicted molar refractivity (Wildman–Crippen MR) is 76.7 cm³/mol. The fourth-order valence-corrected chi connectivity index (χ4v) is 4.82. The molecule has 0 aromatic heterocycles. The van der Waals surface area contributed by atoms with Gasteiger partial charge in [-0.1, -0.05) is 31.2 Å². The fraction of sp³-hybridized carbons (Fsp3) is 0.533. The number of nitriles is 1. The second-order valence-corrected chi connectivity index (χ2v) is 7.84. The Morgan fingerprint density at radius 1 is 1.40 bits per heavy atom. The average molecular weight is 293 g/mol. The third-order valence-electron chi connectivity index (χ3n) is 4.38. The highest BCUT2D eigenvalue weighted by atomic mass is 32.2. The molecule has 5 heteroatoms. The molecule has 0 amide bonds. The summed E-state index contributed by atoms with van der Waals surface area (Å²) in [6, 6.07) is 9.43. The molecule has 1 fully saturated rings. The molecule has 1 saturated heterocycles. The Morgan fingerprint density at radius 3 is 2.40 bits per heavy atom. The summed E-state index contributed by atoms with van der Waals surface area (Å²) in [7, 11) is -3.25. The van der Waals surface area contributed by atoms with Crippen molar-refractivity contribution in [3.8, 4) is 6.07 Å². The van der Waals surface area contributed by atoms with E-state index in [2.05, 4.69) is 6.07 Å². The molecule has 0 bridgehead atoms. The van der Waals surface area contributed by atoms with Crippen LogP contribution in [-0.2, 0) is 21.9 Å². The van der Waals surface area contributed by atoms with Gasteiger partial charge in [-0.2, -0.15) is 5.26 Å². The van der Waals surface area contributed by atoms with E-state index in [4.69, 9.17) is 0 Å². The van der Waals surface area contributed by atoms with Crippen molar-refractivity contribution in [1.82, 2.24) is 0 Å². The monoisotopic (exact) mass is 293 g/mol. The molecule has 2 rings (SSSR count). The van der Waals surface area contributed by atoms with Gasteiger partial charge >= 0.3 is 0 Å². The normalized spacial score (nSPS) is 27.7. The molecule has 1 aliphatic heterocycles.